The highest BCUT2D eigenvalue weighted by Gasteiger charge is 2.62. The lowest BCUT2D eigenvalue weighted by Gasteiger charge is -2.49. The third-order valence-electron chi connectivity index (χ3n) is 13.5. The molecule has 5 rings (SSSR count). The second-order valence-electron chi connectivity index (χ2n) is 17.3. The number of carbonyl (C=O) groups is 1. The smallest absolute Gasteiger partial charge is 0.393 e. The molecule has 14 heteroatoms. The first-order valence-electron chi connectivity index (χ1n) is 19.4. The topological polar surface area (TPSA) is 145 Å². The highest BCUT2D eigenvalue weighted by molar-refractivity contribution is 5.79. The van der Waals surface area contributed by atoms with Crippen LogP contribution in [-0.2, 0) is 33.2 Å². The first-order chi connectivity index (χ1) is 24.2. The monoisotopic (exact) mass is 751 g/mol. The van der Waals surface area contributed by atoms with Crippen molar-refractivity contribution in [3.8, 4) is 0 Å². The van der Waals surface area contributed by atoms with E-state index in [2.05, 4.69) is 20.8 Å². The molecule has 5 aliphatic rings. The molecule has 17 unspecified atom stereocenters. The maximum atomic E-state index is 12.8. The first-order valence-corrected chi connectivity index (χ1v) is 19.4. The van der Waals surface area contributed by atoms with Crippen LogP contribution in [0.25, 0.3) is 0 Å². The van der Waals surface area contributed by atoms with Gasteiger partial charge in [-0.2, -0.15) is 13.2 Å². The molecule has 0 aromatic carbocycles. The van der Waals surface area contributed by atoms with E-state index < -0.39 is 78.2 Å². The molecule has 5 heterocycles. The zero-order chi connectivity index (χ0) is 38.6. The number of alkyl halides is 3. The molecule has 0 radical (unpaired) electrons. The fraction of sp³-hybridized carbons (Fsp3) is 0.974. The van der Waals surface area contributed by atoms with Crippen LogP contribution in [-0.4, -0.2) is 113 Å². The van der Waals surface area contributed by atoms with Crippen LogP contribution in [0.15, 0.2) is 0 Å². The van der Waals surface area contributed by atoms with E-state index in [-0.39, 0.29) is 54.5 Å². The third-order valence-corrected chi connectivity index (χ3v) is 13.5. The summed E-state index contributed by atoms with van der Waals surface area (Å²) >= 11 is 0. The number of hydrogen-bond donors (Lipinski definition) is 4. The average Bonchev–Trinajstić information content (AvgIpc) is 3.79. The maximum absolute atomic E-state index is 12.8. The molecule has 11 nitrogen and oxygen atoms in total. The molecule has 0 aliphatic carbocycles. The fourth-order valence-corrected chi connectivity index (χ4v) is 10.3. The van der Waals surface area contributed by atoms with Crippen molar-refractivity contribution < 1.29 is 61.7 Å². The molecule has 0 bridgehead atoms. The standard InChI is InChI=1S/C38H64F3NO10/c1-10-35(32-21(3)16-27(48-32)29-20(2)15-22(4)37(46,19-43)51-29)12-11-28(49-35)34(8)13-14-36(52-34)17-26(44)23(5)31(50-36)24(6)30(47-9)25(7)33(45)42-18-38(39,40)41/h20-32,43-44,46H,10-19H2,1-9H3,(H,42,45). The molecule has 5 aliphatic heterocycles. The maximum Gasteiger partial charge on any atom is 0.405 e. The number of ether oxygens (including phenoxy) is 6. The summed E-state index contributed by atoms with van der Waals surface area (Å²) in [6, 6.07) is 0. The Balaban J connectivity index is 1.27. The van der Waals surface area contributed by atoms with E-state index in [1.165, 1.54) is 14.0 Å². The molecule has 52 heavy (non-hydrogen) atoms. The highest BCUT2D eigenvalue weighted by Crippen LogP contribution is 2.55. The molecule has 5 saturated heterocycles. The Morgan fingerprint density at radius 2 is 1.73 bits per heavy atom. The van der Waals surface area contributed by atoms with Gasteiger partial charge in [0.25, 0.3) is 0 Å². The number of aliphatic hydroxyl groups excluding tert-OH is 2. The summed E-state index contributed by atoms with van der Waals surface area (Å²) < 4.78 is 77.8. The zero-order valence-electron chi connectivity index (χ0n) is 32.4. The minimum Gasteiger partial charge on any atom is -0.393 e. The van der Waals surface area contributed by atoms with Crippen molar-refractivity contribution >= 4 is 5.91 Å². The Bertz CT molecular complexity index is 1250. The van der Waals surface area contributed by atoms with Crippen molar-refractivity contribution in [2.75, 3.05) is 20.3 Å². The minimum atomic E-state index is -4.53. The van der Waals surface area contributed by atoms with Crippen LogP contribution in [0.4, 0.5) is 13.2 Å². The lowest BCUT2D eigenvalue weighted by molar-refractivity contribution is -0.336. The van der Waals surface area contributed by atoms with Gasteiger partial charge in [0.2, 0.25) is 5.91 Å². The zero-order valence-corrected chi connectivity index (χ0v) is 32.4. The van der Waals surface area contributed by atoms with Crippen LogP contribution in [0, 0.1) is 35.5 Å². The molecule has 5 fully saturated rings. The van der Waals surface area contributed by atoms with E-state index in [0.29, 0.717) is 19.3 Å². The molecule has 0 saturated carbocycles. The molecular formula is C38H64F3NO10. The Kier molecular flexibility index (Phi) is 12.5. The normalized spacial score (nSPS) is 47.4. The van der Waals surface area contributed by atoms with E-state index in [0.717, 1.165) is 25.7 Å². The van der Waals surface area contributed by atoms with E-state index in [4.69, 9.17) is 28.4 Å². The number of aliphatic hydroxyl groups is 3. The summed E-state index contributed by atoms with van der Waals surface area (Å²) in [5.41, 5.74) is -1.29. The lowest BCUT2D eigenvalue weighted by atomic mass is 9.78. The predicted molar refractivity (Wildman–Crippen MR) is 184 cm³/mol. The highest BCUT2D eigenvalue weighted by atomic mass is 19.4. The fourth-order valence-electron chi connectivity index (χ4n) is 10.3. The van der Waals surface area contributed by atoms with Gasteiger partial charge >= 0.3 is 6.18 Å². The van der Waals surface area contributed by atoms with Gasteiger partial charge in [0.15, 0.2) is 11.6 Å². The number of amides is 1. The van der Waals surface area contributed by atoms with Crippen LogP contribution in [0.5, 0.6) is 0 Å². The van der Waals surface area contributed by atoms with Crippen molar-refractivity contribution in [3.05, 3.63) is 0 Å². The average molecular weight is 752 g/mol. The number of hydrogen-bond acceptors (Lipinski definition) is 10. The molecule has 17 atom stereocenters. The molecule has 1 spiro atoms. The third kappa shape index (κ3) is 8.07. The summed E-state index contributed by atoms with van der Waals surface area (Å²) in [7, 11) is 1.42. The quantitative estimate of drug-likeness (QED) is 0.231. The van der Waals surface area contributed by atoms with E-state index in [9.17, 15) is 33.3 Å². The van der Waals surface area contributed by atoms with Crippen molar-refractivity contribution in [1.29, 1.82) is 0 Å². The number of carbonyl (C=O) groups excluding carboxylic acids is 1. The summed E-state index contributed by atoms with van der Waals surface area (Å²) in [6.45, 7) is 13.6. The number of methoxy groups -OCH3 is 1. The van der Waals surface area contributed by atoms with Crippen LogP contribution >= 0.6 is 0 Å². The minimum absolute atomic E-state index is 0.142. The van der Waals surface area contributed by atoms with E-state index in [1.54, 1.807) is 0 Å². The van der Waals surface area contributed by atoms with Crippen LogP contribution in [0.3, 0.4) is 0 Å². The number of nitrogens with one attached hydrogen (secondary N) is 1. The van der Waals surface area contributed by atoms with E-state index >= 15 is 0 Å². The van der Waals surface area contributed by atoms with Gasteiger partial charge < -0.3 is 49.1 Å². The summed E-state index contributed by atoms with van der Waals surface area (Å²) in [5, 5.41) is 34.2. The first kappa shape index (κ1) is 42.1. The van der Waals surface area contributed by atoms with Gasteiger partial charge in [-0.1, -0.05) is 48.5 Å². The SMILES string of the molecule is CCC1(C2OC(C3OC(O)(CO)C(C)CC3C)CC2C)CCC(C2(C)CCC3(CC(O)C(C)C(C(C)C(OC)C(C)C(=O)NCC(F)(F)F)O3)O2)O1. The van der Waals surface area contributed by atoms with Crippen LogP contribution < -0.4 is 5.32 Å². The van der Waals surface area contributed by atoms with Gasteiger partial charge in [-0.3, -0.25) is 4.79 Å². The molecule has 1 amide bonds. The van der Waals surface area contributed by atoms with Crippen LogP contribution in [0.1, 0.15) is 107 Å². The predicted octanol–water partition coefficient (Wildman–Crippen LogP) is 4.87. The van der Waals surface area contributed by atoms with Crippen molar-refractivity contribution in [2.45, 2.75) is 178 Å². The summed E-state index contributed by atoms with van der Waals surface area (Å²) in [6.07, 6.45) is -2.70. The molecule has 4 N–H and O–H groups in total. The molecule has 302 valence electrons. The van der Waals surface area contributed by atoms with Crippen molar-refractivity contribution in [1.82, 2.24) is 5.32 Å². The Morgan fingerprint density at radius 3 is 2.35 bits per heavy atom. The van der Waals surface area contributed by atoms with Crippen LogP contribution in [0.2, 0.25) is 0 Å². The van der Waals surface area contributed by atoms with Gasteiger partial charge in [0.1, 0.15) is 6.54 Å². The van der Waals surface area contributed by atoms with Gasteiger partial charge in [0.05, 0.1) is 66.5 Å². The molecule has 0 aromatic heterocycles. The van der Waals surface area contributed by atoms with Gasteiger partial charge in [-0.15, -0.1) is 0 Å². The largest absolute Gasteiger partial charge is 0.405 e. The van der Waals surface area contributed by atoms with Gasteiger partial charge in [-0.05, 0) is 57.3 Å². The van der Waals surface area contributed by atoms with Gasteiger partial charge in [0, 0.05) is 37.7 Å². The lowest BCUT2D eigenvalue weighted by Crippen LogP contribution is -2.57. The number of rotatable bonds is 11. The second kappa shape index (κ2) is 15.4. The summed E-state index contributed by atoms with van der Waals surface area (Å²) in [4.78, 5) is 12.7. The van der Waals surface area contributed by atoms with Crippen molar-refractivity contribution in [3.63, 3.8) is 0 Å². The Hall–Kier alpha value is -1.10. The van der Waals surface area contributed by atoms with Crippen molar-refractivity contribution in [2.24, 2.45) is 35.5 Å². The second-order valence-corrected chi connectivity index (χ2v) is 17.3. The number of halogens is 3. The Labute approximate surface area is 306 Å². The molecule has 0 aromatic rings. The molecular weight excluding hydrogens is 687 g/mol. The summed E-state index contributed by atoms with van der Waals surface area (Å²) in [5.74, 6) is -5.10. The van der Waals surface area contributed by atoms with Gasteiger partial charge in [-0.25, -0.2) is 0 Å². The van der Waals surface area contributed by atoms with E-state index in [1.807, 2.05) is 33.0 Å². The Morgan fingerprint density at radius 1 is 1.04 bits per heavy atom.